The largest absolute Gasteiger partial charge is 0.493 e. The van der Waals surface area contributed by atoms with Crippen LogP contribution in [-0.4, -0.2) is 25.9 Å². The van der Waals surface area contributed by atoms with Crippen molar-refractivity contribution < 1.29 is 18.9 Å². The second kappa shape index (κ2) is 6.37. The number of methoxy groups -OCH3 is 2. The van der Waals surface area contributed by atoms with Gasteiger partial charge in [-0.2, -0.15) is 15.8 Å². The Kier molecular flexibility index (Phi) is 4.19. The minimum atomic E-state index is -1.99. The number of nitrogens with one attached hydrogen (secondary N) is 1. The standard InChI is InChI=1S/C21H20N4O4/c1-26-14-7-5-6-13(16(14)27-2)17-19(10-22,11-23)20(12-24)15-8-3-4-9-21(15,28-17)29-18(20)25/h5-7,15,17,25H,3-4,8-9H2,1-2H3/t15-,17+,20+,21+/m0/s1. The summed E-state index contributed by atoms with van der Waals surface area (Å²) in [7, 11) is 2.94. The Labute approximate surface area is 168 Å². The molecule has 1 N–H and O–H groups in total. The van der Waals surface area contributed by atoms with Gasteiger partial charge in [0.25, 0.3) is 0 Å². The van der Waals surface area contributed by atoms with Crippen molar-refractivity contribution >= 4 is 5.90 Å². The van der Waals surface area contributed by atoms with Crippen LogP contribution in [0.3, 0.4) is 0 Å². The van der Waals surface area contributed by atoms with Gasteiger partial charge in [0.1, 0.15) is 6.10 Å². The molecule has 148 valence electrons. The van der Waals surface area contributed by atoms with E-state index in [-0.39, 0.29) is 5.90 Å². The maximum absolute atomic E-state index is 10.3. The van der Waals surface area contributed by atoms with E-state index < -0.39 is 28.6 Å². The number of rotatable bonds is 3. The fourth-order valence-electron chi connectivity index (χ4n) is 5.26. The summed E-state index contributed by atoms with van der Waals surface area (Å²) in [4.78, 5) is 0. The maximum atomic E-state index is 10.3. The van der Waals surface area contributed by atoms with E-state index in [0.717, 1.165) is 12.8 Å². The van der Waals surface area contributed by atoms with E-state index in [1.54, 1.807) is 18.2 Å². The highest BCUT2D eigenvalue weighted by Crippen LogP contribution is 2.70. The first-order chi connectivity index (χ1) is 14.0. The Morgan fingerprint density at radius 3 is 2.48 bits per heavy atom. The lowest BCUT2D eigenvalue weighted by atomic mass is 9.51. The van der Waals surface area contributed by atoms with Crippen molar-refractivity contribution in [2.75, 3.05) is 14.2 Å². The molecule has 1 aromatic rings. The Bertz CT molecular complexity index is 989. The average molecular weight is 392 g/mol. The van der Waals surface area contributed by atoms with Crippen LogP contribution in [0.25, 0.3) is 0 Å². The highest BCUT2D eigenvalue weighted by atomic mass is 16.7. The van der Waals surface area contributed by atoms with Gasteiger partial charge in [0.2, 0.25) is 17.1 Å². The smallest absolute Gasteiger partial charge is 0.217 e. The molecule has 4 atom stereocenters. The number of para-hydroxylation sites is 1. The van der Waals surface area contributed by atoms with Crippen LogP contribution in [0, 0.1) is 56.2 Å². The Morgan fingerprint density at radius 1 is 1.10 bits per heavy atom. The van der Waals surface area contributed by atoms with E-state index in [2.05, 4.69) is 18.2 Å². The van der Waals surface area contributed by atoms with Gasteiger partial charge < -0.3 is 18.9 Å². The predicted molar refractivity (Wildman–Crippen MR) is 98.6 cm³/mol. The van der Waals surface area contributed by atoms with Gasteiger partial charge >= 0.3 is 0 Å². The van der Waals surface area contributed by atoms with Crippen LogP contribution in [0.2, 0.25) is 0 Å². The molecule has 0 aromatic heterocycles. The number of nitrogens with zero attached hydrogens (tertiary/aromatic N) is 3. The number of benzene rings is 1. The van der Waals surface area contributed by atoms with Crippen molar-refractivity contribution in [3.63, 3.8) is 0 Å². The molecule has 2 bridgehead atoms. The Morgan fingerprint density at radius 2 is 1.86 bits per heavy atom. The van der Waals surface area contributed by atoms with Gasteiger partial charge in [-0.1, -0.05) is 18.6 Å². The molecule has 3 fully saturated rings. The van der Waals surface area contributed by atoms with Crippen molar-refractivity contribution in [3.8, 4) is 29.7 Å². The van der Waals surface area contributed by atoms with Crippen LogP contribution >= 0.6 is 0 Å². The summed E-state index contributed by atoms with van der Waals surface area (Å²) >= 11 is 0. The third-order valence-electron chi connectivity index (χ3n) is 6.53. The van der Waals surface area contributed by atoms with E-state index in [1.165, 1.54) is 14.2 Å². The van der Waals surface area contributed by atoms with Gasteiger partial charge in [-0.25, -0.2) is 0 Å². The lowest BCUT2D eigenvalue weighted by molar-refractivity contribution is -0.294. The van der Waals surface area contributed by atoms with Gasteiger partial charge in [-0.15, -0.1) is 0 Å². The second-order valence-electron chi connectivity index (χ2n) is 7.57. The van der Waals surface area contributed by atoms with E-state index in [1.807, 2.05) is 0 Å². The molecule has 2 heterocycles. The first-order valence-corrected chi connectivity index (χ1v) is 9.40. The zero-order valence-electron chi connectivity index (χ0n) is 16.2. The fraction of sp³-hybridized carbons (Fsp3) is 0.524. The molecule has 29 heavy (non-hydrogen) atoms. The lowest BCUT2D eigenvalue weighted by Crippen LogP contribution is -2.60. The van der Waals surface area contributed by atoms with E-state index in [9.17, 15) is 15.8 Å². The minimum Gasteiger partial charge on any atom is -0.493 e. The van der Waals surface area contributed by atoms with Crippen LogP contribution in [0.1, 0.15) is 37.4 Å². The van der Waals surface area contributed by atoms with Gasteiger partial charge in [0.05, 0.1) is 38.3 Å². The third kappa shape index (κ3) is 2.06. The topological polar surface area (TPSA) is 132 Å². The van der Waals surface area contributed by atoms with Gasteiger partial charge in [0.15, 0.2) is 16.9 Å². The first kappa shape index (κ1) is 19.1. The number of hydrogen-bond donors (Lipinski definition) is 1. The van der Waals surface area contributed by atoms with Gasteiger partial charge in [-0.3, -0.25) is 5.41 Å². The molecule has 4 rings (SSSR count). The average Bonchev–Trinajstić information content (AvgIpc) is 2.97. The highest BCUT2D eigenvalue weighted by molar-refractivity contribution is 5.89. The molecular formula is C21H20N4O4. The van der Waals surface area contributed by atoms with Gasteiger partial charge in [0, 0.05) is 12.0 Å². The Hall–Kier alpha value is -3.28. The zero-order valence-corrected chi connectivity index (χ0v) is 16.2. The molecule has 0 amide bonds. The molecule has 1 aromatic carbocycles. The third-order valence-corrected chi connectivity index (χ3v) is 6.53. The highest BCUT2D eigenvalue weighted by Gasteiger charge is 2.80. The molecule has 1 aliphatic carbocycles. The predicted octanol–water partition coefficient (Wildman–Crippen LogP) is 3.21. The molecule has 8 heteroatoms. The molecule has 0 unspecified atom stereocenters. The number of nitriles is 3. The second-order valence-corrected chi connectivity index (χ2v) is 7.57. The van der Waals surface area contributed by atoms with E-state index in [0.29, 0.717) is 29.9 Å². The molecule has 8 nitrogen and oxygen atoms in total. The summed E-state index contributed by atoms with van der Waals surface area (Å²) in [5, 5.41) is 39.3. The number of hydrogen-bond acceptors (Lipinski definition) is 8. The minimum absolute atomic E-state index is 0.319. The van der Waals surface area contributed by atoms with E-state index in [4.69, 9.17) is 24.4 Å². The summed E-state index contributed by atoms with van der Waals surface area (Å²) in [5.41, 5.74) is -3.30. The molecule has 1 saturated carbocycles. The quantitative estimate of drug-likeness (QED) is 0.835. The normalized spacial score (nSPS) is 34.0. The van der Waals surface area contributed by atoms with Crippen molar-refractivity contribution in [1.82, 2.24) is 0 Å². The van der Waals surface area contributed by atoms with Crippen LogP contribution < -0.4 is 9.47 Å². The van der Waals surface area contributed by atoms with Crippen molar-refractivity contribution in [2.24, 2.45) is 16.7 Å². The summed E-state index contributed by atoms with van der Waals surface area (Å²) in [6.07, 6.45) is 1.50. The van der Waals surface area contributed by atoms with Crippen LogP contribution in [0.5, 0.6) is 11.5 Å². The monoisotopic (exact) mass is 392 g/mol. The van der Waals surface area contributed by atoms with Crippen LogP contribution in [-0.2, 0) is 9.47 Å². The molecule has 0 spiro atoms. The van der Waals surface area contributed by atoms with Crippen LogP contribution in [0.15, 0.2) is 18.2 Å². The SMILES string of the molecule is COc1cccc([C@H]2O[C@@]34CCCC[C@H]3[C@](C#N)(C(=N)O4)C2(C#N)C#N)c1OC. The summed E-state index contributed by atoms with van der Waals surface area (Å²) in [5.74, 6) is -1.40. The summed E-state index contributed by atoms with van der Waals surface area (Å²) in [6.45, 7) is 0. The van der Waals surface area contributed by atoms with E-state index >= 15 is 0 Å². The zero-order chi connectivity index (χ0) is 20.9. The molecule has 2 aliphatic heterocycles. The first-order valence-electron chi connectivity index (χ1n) is 9.40. The molecular weight excluding hydrogens is 372 g/mol. The summed E-state index contributed by atoms with van der Waals surface area (Å²) in [6, 6.07) is 11.4. The van der Waals surface area contributed by atoms with Crippen molar-refractivity contribution in [3.05, 3.63) is 23.8 Å². The molecule has 0 radical (unpaired) electrons. The van der Waals surface area contributed by atoms with Crippen molar-refractivity contribution in [1.29, 1.82) is 21.2 Å². The van der Waals surface area contributed by atoms with Crippen LogP contribution in [0.4, 0.5) is 0 Å². The van der Waals surface area contributed by atoms with Crippen molar-refractivity contribution in [2.45, 2.75) is 37.6 Å². The summed E-state index contributed by atoms with van der Waals surface area (Å²) < 4.78 is 23.2. The molecule has 3 aliphatic rings. The van der Waals surface area contributed by atoms with Gasteiger partial charge in [-0.05, 0) is 18.9 Å². The maximum Gasteiger partial charge on any atom is 0.217 e. The lowest BCUT2D eigenvalue weighted by Gasteiger charge is -2.51. The Balaban J connectivity index is 2.03. The fourth-order valence-corrected chi connectivity index (χ4v) is 5.26. The number of ether oxygens (including phenoxy) is 4. The molecule has 2 saturated heterocycles.